The molecule has 14 heavy (non-hydrogen) atoms. The summed E-state index contributed by atoms with van der Waals surface area (Å²) in [7, 11) is 1.56. The van der Waals surface area contributed by atoms with Gasteiger partial charge in [-0.15, -0.1) is 0 Å². The molecule has 0 unspecified atom stereocenters. The number of hydrogen-bond acceptors (Lipinski definition) is 4. The zero-order valence-corrected chi connectivity index (χ0v) is 8.36. The van der Waals surface area contributed by atoms with Crippen molar-refractivity contribution in [2.45, 2.75) is 31.6 Å². The molecule has 1 aliphatic carbocycles. The van der Waals surface area contributed by atoms with Crippen molar-refractivity contribution in [1.82, 2.24) is 9.97 Å². The third kappa shape index (κ3) is 1.78. The first-order chi connectivity index (χ1) is 6.79. The molecule has 76 valence electrons. The summed E-state index contributed by atoms with van der Waals surface area (Å²) in [6, 6.07) is 2.24. The first-order valence-electron chi connectivity index (χ1n) is 4.98. The van der Waals surface area contributed by atoms with Gasteiger partial charge in [0, 0.05) is 12.0 Å². The Morgan fingerprint density at radius 2 is 2.07 bits per heavy atom. The number of aromatic nitrogens is 2. The zero-order chi connectivity index (χ0) is 9.97. The average molecular weight is 193 g/mol. The fourth-order valence-electron chi connectivity index (χ4n) is 1.98. The van der Waals surface area contributed by atoms with Gasteiger partial charge in [0.25, 0.3) is 0 Å². The molecule has 0 aromatic carbocycles. The summed E-state index contributed by atoms with van der Waals surface area (Å²) >= 11 is 0. The molecule has 1 heterocycles. The number of anilines is 1. The largest absolute Gasteiger partial charge is 0.467 e. The van der Waals surface area contributed by atoms with Gasteiger partial charge in [-0.05, 0) is 12.8 Å². The first kappa shape index (κ1) is 9.24. The third-order valence-electron chi connectivity index (χ3n) is 2.70. The Morgan fingerprint density at radius 1 is 1.36 bits per heavy atom. The molecule has 1 aliphatic rings. The van der Waals surface area contributed by atoms with Crippen LogP contribution in [0.2, 0.25) is 0 Å². The smallest absolute Gasteiger partial charge is 0.318 e. The molecule has 2 rings (SSSR count). The van der Waals surface area contributed by atoms with Crippen molar-refractivity contribution in [3.05, 3.63) is 11.8 Å². The molecule has 4 nitrogen and oxygen atoms in total. The predicted octanol–water partition coefficient (Wildman–Crippen LogP) is 1.73. The highest BCUT2D eigenvalue weighted by atomic mass is 16.5. The SMILES string of the molecule is COc1nc(N)cc(C2CCCC2)n1. The zero-order valence-electron chi connectivity index (χ0n) is 8.36. The average Bonchev–Trinajstić information content (AvgIpc) is 2.69. The van der Waals surface area contributed by atoms with Gasteiger partial charge < -0.3 is 10.5 Å². The molecule has 0 amide bonds. The Labute approximate surface area is 83.5 Å². The van der Waals surface area contributed by atoms with Crippen molar-refractivity contribution >= 4 is 5.82 Å². The van der Waals surface area contributed by atoms with Gasteiger partial charge in [0.1, 0.15) is 5.82 Å². The summed E-state index contributed by atoms with van der Waals surface area (Å²) in [6.07, 6.45) is 4.99. The molecule has 1 fully saturated rings. The number of nitrogens with two attached hydrogens (primary N) is 1. The van der Waals surface area contributed by atoms with Gasteiger partial charge in [-0.3, -0.25) is 0 Å². The molecule has 0 spiro atoms. The Balaban J connectivity index is 2.27. The van der Waals surface area contributed by atoms with Crippen LogP contribution in [0.3, 0.4) is 0 Å². The lowest BCUT2D eigenvalue weighted by Gasteiger charge is -2.09. The fourth-order valence-corrected chi connectivity index (χ4v) is 1.98. The van der Waals surface area contributed by atoms with Crippen molar-refractivity contribution in [3.8, 4) is 6.01 Å². The maximum absolute atomic E-state index is 5.67. The van der Waals surface area contributed by atoms with Gasteiger partial charge >= 0.3 is 6.01 Å². The molecular weight excluding hydrogens is 178 g/mol. The van der Waals surface area contributed by atoms with Crippen molar-refractivity contribution in [1.29, 1.82) is 0 Å². The summed E-state index contributed by atoms with van der Waals surface area (Å²) in [5.41, 5.74) is 6.71. The maximum Gasteiger partial charge on any atom is 0.318 e. The van der Waals surface area contributed by atoms with E-state index in [1.807, 2.05) is 6.07 Å². The minimum atomic E-state index is 0.381. The van der Waals surface area contributed by atoms with Crippen molar-refractivity contribution in [2.75, 3.05) is 12.8 Å². The van der Waals surface area contributed by atoms with Gasteiger partial charge in [0.2, 0.25) is 0 Å². The summed E-state index contributed by atoms with van der Waals surface area (Å²) in [5.74, 6) is 1.05. The number of nitrogens with zero attached hydrogens (tertiary/aromatic N) is 2. The molecular formula is C10H15N3O. The minimum absolute atomic E-state index is 0.381. The van der Waals surface area contributed by atoms with Crippen molar-refractivity contribution in [3.63, 3.8) is 0 Å². The number of rotatable bonds is 2. The monoisotopic (exact) mass is 193 g/mol. The van der Waals surface area contributed by atoms with Crippen LogP contribution in [0.1, 0.15) is 37.3 Å². The van der Waals surface area contributed by atoms with E-state index in [-0.39, 0.29) is 0 Å². The Morgan fingerprint density at radius 3 is 2.71 bits per heavy atom. The van der Waals surface area contributed by atoms with Gasteiger partial charge in [0.05, 0.1) is 12.8 Å². The van der Waals surface area contributed by atoms with Crippen LogP contribution in [0.25, 0.3) is 0 Å². The maximum atomic E-state index is 5.67. The number of ether oxygens (including phenoxy) is 1. The first-order valence-corrected chi connectivity index (χ1v) is 4.98. The second-order valence-electron chi connectivity index (χ2n) is 3.69. The molecule has 0 saturated heterocycles. The van der Waals surface area contributed by atoms with Gasteiger partial charge in [-0.25, -0.2) is 0 Å². The van der Waals surface area contributed by atoms with Crippen LogP contribution in [0.5, 0.6) is 6.01 Å². The second-order valence-corrected chi connectivity index (χ2v) is 3.69. The summed E-state index contributed by atoms with van der Waals surface area (Å²) in [4.78, 5) is 8.29. The van der Waals surface area contributed by atoms with Gasteiger partial charge in [0.15, 0.2) is 0 Å². The lowest BCUT2D eigenvalue weighted by atomic mass is 10.0. The number of nitrogen functional groups attached to an aromatic ring is 1. The molecule has 4 heteroatoms. The van der Waals surface area contributed by atoms with Crippen molar-refractivity contribution in [2.24, 2.45) is 0 Å². The molecule has 0 atom stereocenters. The number of methoxy groups -OCH3 is 1. The van der Waals surface area contributed by atoms with E-state index in [0.717, 1.165) is 5.69 Å². The van der Waals surface area contributed by atoms with E-state index in [2.05, 4.69) is 9.97 Å². The van der Waals surface area contributed by atoms with Crippen LogP contribution in [0.4, 0.5) is 5.82 Å². The minimum Gasteiger partial charge on any atom is -0.467 e. The third-order valence-corrected chi connectivity index (χ3v) is 2.70. The highest BCUT2D eigenvalue weighted by Gasteiger charge is 2.19. The topological polar surface area (TPSA) is 61.0 Å². The Bertz CT molecular complexity index is 321. The van der Waals surface area contributed by atoms with Crippen molar-refractivity contribution < 1.29 is 4.74 Å². The van der Waals surface area contributed by atoms with E-state index in [9.17, 15) is 0 Å². The normalized spacial score (nSPS) is 17.2. The van der Waals surface area contributed by atoms with Crippen LogP contribution in [0.15, 0.2) is 6.07 Å². The van der Waals surface area contributed by atoms with E-state index in [1.165, 1.54) is 25.7 Å². The van der Waals surface area contributed by atoms with Crippen LogP contribution >= 0.6 is 0 Å². The summed E-state index contributed by atoms with van der Waals surface area (Å²) < 4.78 is 4.99. The van der Waals surface area contributed by atoms with Crippen LogP contribution in [-0.4, -0.2) is 17.1 Å². The van der Waals surface area contributed by atoms with E-state index in [0.29, 0.717) is 17.7 Å². The van der Waals surface area contributed by atoms with E-state index in [4.69, 9.17) is 10.5 Å². The fraction of sp³-hybridized carbons (Fsp3) is 0.600. The Kier molecular flexibility index (Phi) is 2.52. The van der Waals surface area contributed by atoms with Crippen LogP contribution in [0, 0.1) is 0 Å². The Hall–Kier alpha value is -1.32. The lowest BCUT2D eigenvalue weighted by molar-refractivity contribution is 0.377. The molecule has 1 aromatic rings. The standard InChI is InChI=1S/C10H15N3O/c1-14-10-12-8(6-9(11)13-10)7-4-2-3-5-7/h6-7H,2-5H2,1H3,(H2,11,12,13). The summed E-state index contributed by atoms with van der Waals surface area (Å²) in [6.45, 7) is 0. The molecule has 0 radical (unpaired) electrons. The predicted molar refractivity (Wildman–Crippen MR) is 54.2 cm³/mol. The number of hydrogen-bond donors (Lipinski definition) is 1. The quantitative estimate of drug-likeness (QED) is 0.777. The van der Waals surface area contributed by atoms with Crippen LogP contribution < -0.4 is 10.5 Å². The molecule has 1 saturated carbocycles. The van der Waals surface area contributed by atoms with E-state index in [1.54, 1.807) is 7.11 Å². The highest BCUT2D eigenvalue weighted by molar-refractivity contribution is 5.33. The lowest BCUT2D eigenvalue weighted by Crippen LogP contribution is -2.03. The second kappa shape index (κ2) is 3.82. The molecule has 2 N–H and O–H groups in total. The van der Waals surface area contributed by atoms with Gasteiger partial charge in [-0.2, -0.15) is 9.97 Å². The van der Waals surface area contributed by atoms with Gasteiger partial charge in [-0.1, -0.05) is 12.8 Å². The summed E-state index contributed by atoms with van der Waals surface area (Å²) in [5, 5.41) is 0. The van der Waals surface area contributed by atoms with E-state index >= 15 is 0 Å². The molecule has 1 aromatic heterocycles. The highest BCUT2D eigenvalue weighted by Crippen LogP contribution is 2.33. The molecule has 0 aliphatic heterocycles. The van der Waals surface area contributed by atoms with Crippen LogP contribution in [-0.2, 0) is 0 Å². The molecule has 0 bridgehead atoms. The van der Waals surface area contributed by atoms with E-state index < -0.39 is 0 Å².